The summed E-state index contributed by atoms with van der Waals surface area (Å²) in [6.45, 7) is 2.09. The lowest BCUT2D eigenvalue weighted by atomic mass is 10.2. The Bertz CT molecular complexity index is 366. The van der Waals surface area contributed by atoms with Gasteiger partial charge in [-0.25, -0.2) is 4.79 Å². The predicted octanol–water partition coefficient (Wildman–Crippen LogP) is 3.77. The van der Waals surface area contributed by atoms with E-state index in [-0.39, 0.29) is 5.97 Å². The summed E-state index contributed by atoms with van der Waals surface area (Å²) >= 11 is 13.6. The van der Waals surface area contributed by atoms with E-state index in [0.29, 0.717) is 22.2 Å². The molecule has 0 aliphatic carbocycles. The SMILES string of the molecule is CCOC(=O)c1cc(Cl)c(Cl)cc1I. The van der Waals surface area contributed by atoms with E-state index in [1.807, 2.05) is 22.6 Å². The lowest BCUT2D eigenvalue weighted by Gasteiger charge is -2.05. The van der Waals surface area contributed by atoms with Crippen LogP contribution in [0.1, 0.15) is 17.3 Å². The first-order valence-electron chi connectivity index (χ1n) is 3.88. The fraction of sp³-hybridized carbons (Fsp3) is 0.222. The number of esters is 1. The van der Waals surface area contributed by atoms with Gasteiger partial charge >= 0.3 is 5.97 Å². The van der Waals surface area contributed by atoms with Gasteiger partial charge in [-0.15, -0.1) is 0 Å². The molecule has 0 aromatic heterocycles. The smallest absolute Gasteiger partial charge is 0.339 e. The number of hydrogen-bond acceptors (Lipinski definition) is 2. The van der Waals surface area contributed by atoms with Crippen LogP contribution in [0.3, 0.4) is 0 Å². The molecule has 5 heteroatoms. The molecule has 0 amide bonds. The molecule has 1 aromatic rings. The lowest BCUT2D eigenvalue weighted by Crippen LogP contribution is -2.06. The summed E-state index contributed by atoms with van der Waals surface area (Å²) in [6.07, 6.45) is 0. The minimum Gasteiger partial charge on any atom is -0.462 e. The molecule has 0 saturated heterocycles. The highest BCUT2D eigenvalue weighted by atomic mass is 127. The molecule has 0 bridgehead atoms. The molecule has 0 radical (unpaired) electrons. The van der Waals surface area contributed by atoms with Gasteiger partial charge in [-0.1, -0.05) is 23.2 Å². The third-order valence-electron chi connectivity index (χ3n) is 1.51. The molecule has 14 heavy (non-hydrogen) atoms. The van der Waals surface area contributed by atoms with Crippen molar-refractivity contribution in [3.05, 3.63) is 31.3 Å². The van der Waals surface area contributed by atoms with E-state index in [9.17, 15) is 4.79 Å². The molecular weight excluding hydrogens is 338 g/mol. The highest BCUT2D eigenvalue weighted by molar-refractivity contribution is 14.1. The molecule has 0 unspecified atom stereocenters. The van der Waals surface area contributed by atoms with E-state index in [0.717, 1.165) is 3.57 Å². The maximum Gasteiger partial charge on any atom is 0.339 e. The number of hydrogen-bond donors (Lipinski definition) is 0. The van der Waals surface area contributed by atoms with Crippen molar-refractivity contribution >= 4 is 51.8 Å². The van der Waals surface area contributed by atoms with Gasteiger partial charge in [0.2, 0.25) is 0 Å². The minimum atomic E-state index is -0.379. The number of carbonyl (C=O) groups is 1. The summed E-state index contributed by atoms with van der Waals surface area (Å²) < 4.78 is 5.59. The Labute approximate surface area is 106 Å². The predicted molar refractivity (Wildman–Crippen MR) is 65.1 cm³/mol. The van der Waals surface area contributed by atoms with Crippen LogP contribution in [0.4, 0.5) is 0 Å². The quantitative estimate of drug-likeness (QED) is 0.463. The molecule has 1 aromatic carbocycles. The molecule has 0 aliphatic rings. The zero-order valence-electron chi connectivity index (χ0n) is 7.31. The number of ether oxygens (including phenoxy) is 1. The first kappa shape index (κ1) is 12.1. The molecule has 0 fully saturated rings. The van der Waals surface area contributed by atoms with Crippen LogP contribution in [0.2, 0.25) is 10.0 Å². The van der Waals surface area contributed by atoms with Gasteiger partial charge in [0.05, 0.1) is 22.2 Å². The monoisotopic (exact) mass is 344 g/mol. The van der Waals surface area contributed by atoms with E-state index >= 15 is 0 Å². The van der Waals surface area contributed by atoms with Gasteiger partial charge in [0.1, 0.15) is 0 Å². The Morgan fingerprint density at radius 3 is 2.57 bits per heavy atom. The van der Waals surface area contributed by atoms with Gasteiger partial charge < -0.3 is 4.74 Å². The van der Waals surface area contributed by atoms with Crippen LogP contribution >= 0.6 is 45.8 Å². The molecule has 76 valence electrons. The average molecular weight is 345 g/mol. The third-order valence-corrected chi connectivity index (χ3v) is 3.12. The third kappa shape index (κ3) is 2.74. The summed E-state index contributed by atoms with van der Waals surface area (Å²) in [6, 6.07) is 3.15. The van der Waals surface area contributed by atoms with Crippen LogP contribution in [0, 0.1) is 3.57 Å². The Balaban J connectivity index is 3.09. The zero-order chi connectivity index (χ0) is 10.7. The Morgan fingerprint density at radius 2 is 2.00 bits per heavy atom. The van der Waals surface area contributed by atoms with Crippen LogP contribution in [-0.2, 0) is 4.74 Å². The van der Waals surface area contributed by atoms with Crippen molar-refractivity contribution in [1.82, 2.24) is 0 Å². The van der Waals surface area contributed by atoms with Gasteiger partial charge in [-0.2, -0.15) is 0 Å². The van der Waals surface area contributed by atoms with Crippen molar-refractivity contribution in [2.75, 3.05) is 6.61 Å². The average Bonchev–Trinajstić information content (AvgIpc) is 2.11. The van der Waals surface area contributed by atoms with Gasteiger partial charge in [0.15, 0.2) is 0 Å². The summed E-state index contributed by atoms with van der Waals surface area (Å²) in [5, 5.41) is 0.791. The molecular formula is C9H7Cl2IO2. The van der Waals surface area contributed by atoms with Crippen LogP contribution in [0.5, 0.6) is 0 Å². The van der Waals surface area contributed by atoms with Gasteiger partial charge in [0, 0.05) is 3.57 Å². The second-order valence-electron chi connectivity index (χ2n) is 2.47. The number of carbonyl (C=O) groups excluding carboxylic acids is 1. The van der Waals surface area contributed by atoms with E-state index < -0.39 is 0 Å². The van der Waals surface area contributed by atoms with Gasteiger partial charge in [0.25, 0.3) is 0 Å². The summed E-state index contributed by atoms with van der Waals surface area (Å²) in [7, 11) is 0. The first-order chi connectivity index (χ1) is 6.56. The van der Waals surface area contributed by atoms with E-state index in [2.05, 4.69) is 0 Å². The number of benzene rings is 1. The Morgan fingerprint density at radius 1 is 1.43 bits per heavy atom. The Kier molecular flexibility index (Phi) is 4.47. The lowest BCUT2D eigenvalue weighted by molar-refractivity contribution is 0.0525. The van der Waals surface area contributed by atoms with E-state index in [1.165, 1.54) is 6.07 Å². The normalized spacial score (nSPS) is 10.0. The number of rotatable bonds is 2. The van der Waals surface area contributed by atoms with Gasteiger partial charge in [-0.3, -0.25) is 0 Å². The summed E-state index contributed by atoms with van der Waals surface area (Å²) in [4.78, 5) is 11.4. The molecule has 0 spiro atoms. The maximum atomic E-state index is 11.4. The molecule has 2 nitrogen and oxygen atoms in total. The molecule has 0 heterocycles. The highest BCUT2D eigenvalue weighted by Crippen LogP contribution is 2.27. The van der Waals surface area contributed by atoms with Crippen molar-refractivity contribution in [2.24, 2.45) is 0 Å². The van der Waals surface area contributed by atoms with E-state index in [4.69, 9.17) is 27.9 Å². The van der Waals surface area contributed by atoms with Gasteiger partial charge in [-0.05, 0) is 41.6 Å². The van der Waals surface area contributed by atoms with Crippen LogP contribution < -0.4 is 0 Å². The fourth-order valence-electron chi connectivity index (χ4n) is 0.888. The second kappa shape index (κ2) is 5.19. The van der Waals surface area contributed by atoms with Crippen molar-refractivity contribution < 1.29 is 9.53 Å². The zero-order valence-corrected chi connectivity index (χ0v) is 11.0. The topological polar surface area (TPSA) is 26.3 Å². The van der Waals surface area contributed by atoms with Crippen LogP contribution in [-0.4, -0.2) is 12.6 Å². The fourth-order valence-corrected chi connectivity index (χ4v) is 2.09. The van der Waals surface area contributed by atoms with Crippen molar-refractivity contribution in [1.29, 1.82) is 0 Å². The standard InChI is InChI=1S/C9H7Cl2IO2/c1-2-14-9(13)5-3-6(10)7(11)4-8(5)12/h3-4H,2H2,1H3. The molecule has 0 N–H and O–H groups in total. The molecule has 0 atom stereocenters. The van der Waals surface area contributed by atoms with Crippen LogP contribution in [0.25, 0.3) is 0 Å². The minimum absolute atomic E-state index is 0.342. The summed E-state index contributed by atoms with van der Waals surface area (Å²) in [5.41, 5.74) is 0.446. The van der Waals surface area contributed by atoms with E-state index in [1.54, 1.807) is 13.0 Å². The van der Waals surface area contributed by atoms with Crippen molar-refractivity contribution in [3.8, 4) is 0 Å². The molecule has 0 saturated carbocycles. The van der Waals surface area contributed by atoms with Crippen molar-refractivity contribution in [3.63, 3.8) is 0 Å². The Hall–Kier alpha value is -0.000000000000000111. The summed E-state index contributed by atoms with van der Waals surface area (Å²) in [5.74, 6) is -0.379. The second-order valence-corrected chi connectivity index (χ2v) is 4.44. The van der Waals surface area contributed by atoms with Crippen molar-refractivity contribution in [2.45, 2.75) is 6.92 Å². The highest BCUT2D eigenvalue weighted by Gasteiger charge is 2.13. The first-order valence-corrected chi connectivity index (χ1v) is 5.71. The molecule has 1 rings (SSSR count). The number of halogens is 3. The maximum absolute atomic E-state index is 11.4. The largest absolute Gasteiger partial charge is 0.462 e. The van der Waals surface area contributed by atoms with Crippen LogP contribution in [0.15, 0.2) is 12.1 Å². The molecule has 0 aliphatic heterocycles.